The number of halogens is 3. The van der Waals surface area contributed by atoms with E-state index in [1.165, 1.54) is 18.4 Å². The summed E-state index contributed by atoms with van der Waals surface area (Å²) in [4.78, 5) is 12.6. The van der Waals surface area contributed by atoms with E-state index in [9.17, 15) is 18.0 Å². The molecule has 0 spiro atoms. The standard InChI is InChI=1S/C19H20F3N3O/c20-15-8-13(9-16(21)18(15)22)24-19(26)12-5-6-25-17(7-12)14(10-23-25)11-3-1-2-4-11/h8-12H,1-7H2,(H,24,26). The van der Waals surface area contributed by atoms with Crippen molar-refractivity contribution in [3.63, 3.8) is 0 Å². The summed E-state index contributed by atoms with van der Waals surface area (Å²) >= 11 is 0. The van der Waals surface area contributed by atoms with Gasteiger partial charge < -0.3 is 5.32 Å². The molecule has 1 aliphatic heterocycles. The zero-order chi connectivity index (χ0) is 18.3. The smallest absolute Gasteiger partial charge is 0.227 e. The Morgan fingerprint density at radius 2 is 1.81 bits per heavy atom. The fourth-order valence-corrected chi connectivity index (χ4v) is 4.13. The molecule has 1 fully saturated rings. The van der Waals surface area contributed by atoms with Gasteiger partial charge in [0.15, 0.2) is 17.5 Å². The molecule has 1 unspecified atom stereocenters. The summed E-state index contributed by atoms with van der Waals surface area (Å²) < 4.78 is 41.7. The Bertz CT molecular complexity index is 820. The molecule has 1 aromatic heterocycles. The van der Waals surface area contributed by atoms with Crippen LogP contribution in [0.3, 0.4) is 0 Å². The molecule has 0 radical (unpaired) electrons. The Kier molecular flexibility index (Phi) is 4.46. The highest BCUT2D eigenvalue weighted by molar-refractivity contribution is 5.92. The number of carbonyl (C=O) groups is 1. The molecule has 2 heterocycles. The summed E-state index contributed by atoms with van der Waals surface area (Å²) in [6, 6.07) is 1.60. The highest BCUT2D eigenvalue weighted by Crippen LogP contribution is 2.37. The average molecular weight is 363 g/mol. The van der Waals surface area contributed by atoms with Crippen LogP contribution < -0.4 is 5.32 Å². The van der Waals surface area contributed by atoms with Crippen LogP contribution in [-0.2, 0) is 17.8 Å². The minimum Gasteiger partial charge on any atom is -0.326 e. The molecule has 138 valence electrons. The maximum Gasteiger partial charge on any atom is 0.227 e. The van der Waals surface area contributed by atoms with E-state index in [-0.39, 0.29) is 17.5 Å². The van der Waals surface area contributed by atoms with Crippen molar-refractivity contribution in [2.45, 2.75) is 51.0 Å². The first-order chi connectivity index (χ1) is 12.5. The fourth-order valence-electron chi connectivity index (χ4n) is 4.13. The highest BCUT2D eigenvalue weighted by Gasteiger charge is 2.30. The van der Waals surface area contributed by atoms with Crippen LogP contribution in [0.1, 0.15) is 49.3 Å². The van der Waals surface area contributed by atoms with E-state index in [2.05, 4.69) is 10.4 Å². The number of aromatic nitrogens is 2. The van der Waals surface area contributed by atoms with Crippen molar-refractivity contribution in [2.24, 2.45) is 5.92 Å². The number of carbonyl (C=O) groups excluding carboxylic acids is 1. The van der Waals surface area contributed by atoms with E-state index >= 15 is 0 Å². The Balaban J connectivity index is 1.50. The van der Waals surface area contributed by atoms with E-state index in [1.807, 2.05) is 10.9 Å². The van der Waals surface area contributed by atoms with E-state index in [1.54, 1.807) is 0 Å². The molecule has 7 heteroatoms. The number of rotatable bonds is 3. The summed E-state index contributed by atoms with van der Waals surface area (Å²) in [6.45, 7) is 0.645. The predicted octanol–water partition coefficient (Wildman–Crippen LogP) is 4.16. The quantitative estimate of drug-likeness (QED) is 0.833. The molecular weight excluding hydrogens is 343 g/mol. The van der Waals surface area contributed by atoms with E-state index < -0.39 is 17.5 Å². The second kappa shape index (κ2) is 6.78. The minimum absolute atomic E-state index is 0.0681. The van der Waals surface area contributed by atoms with Crippen molar-refractivity contribution in [3.05, 3.63) is 47.0 Å². The van der Waals surface area contributed by atoms with Crippen molar-refractivity contribution in [1.29, 1.82) is 0 Å². The first kappa shape index (κ1) is 17.1. The van der Waals surface area contributed by atoms with Crippen molar-refractivity contribution in [3.8, 4) is 0 Å². The normalized spacial score (nSPS) is 20.2. The fraction of sp³-hybridized carbons (Fsp3) is 0.474. The second-order valence-corrected chi connectivity index (χ2v) is 7.18. The van der Waals surface area contributed by atoms with Crippen LogP contribution in [0.4, 0.5) is 18.9 Å². The second-order valence-electron chi connectivity index (χ2n) is 7.18. The molecule has 1 aromatic carbocycles. The number of hydrogen-bond acceptors (Lipinski definition) is 2. The van der Waals surface area contributed by atoms with E-state index in [4.69, 9.17) is 0 Å². The zero-order valence-corrected chi connectivity index (χ0v) is 14.3. The summed E-state index contributed by atoms with van der Waals surface area (Å²) in [5.41, 5.74) is 2.26. The van der Waals surface area contributed by atoms with Crippen LogP contribution in [0.15, 0.2) is 18.3 Å². The van der Waals surface area contributed by atoms with Gasteiger partial charge in [-0.25, -0.2) is 13.2 Å². The molecular formula is C19H20F3N3O. The van der Waals surface area contributed by atoms with Gasteiger partial charge in [-0.1, -0.05) is 12.8 Å². The maximum absolute atomic E-state index is 13.3. The molecule has 2 aliphatic rings. The van der Waals surface area contributed by atoms with Gasteiger partial charge in [-0.3, -0.25) is 9.48 Å². The molecule has 1 aliphatic carbocycles. The van der Waals surface area contributed by atoms with Crippen LogP contribution in [-0.4, -0.2) is 15.7 Å². The van der Waals surface area contributed by atoms with Gasteiger partial charge in [0, 0.05) is 42.4 Å². The Labute approximate surface area is 149 Å². The Morgan fingerprint density at radius 1 is 1.12 bits per heavy atom. The number of nitrogens with zero attached hydrogens (tertiary/aromatic N) is 2. The molecule has 4 rings (SSSR count). The molecule has 1 amide bonds. The zero-order valence-electron chi connectivity index (χ0n) is 14.3. The third-order valence-corrected chi connectivity index (χ3v) is 5.53. The lowest BCUT2D eigenvalue weighted by molar-refractivity contribution is -0.120. The lowest BCUT2D eigenvalue weighted by Crippen LogP contribution is -2.31. The van der Waals surface area contributed by atoms with Crippen LogP contribution in [0.2, 0.25) is 0 Å². The van der Waals surface area contributed by atoms with Gasteiger partial charge in [0.1, 0.15) is 0 Å². The van der Waals surface area contributed by atoms with Crippen molar-refractivity contribution in [1.82, 2.24) is 9.78 Å². The van der Waals surface area contributed by atoms with Gasteiger partial charge in [0.2, 0.25) is 5.91 Å². The number of anilines is 1. The molecule has 1 saturated carbocycles. The Hall–Kier alpha value is -2.31. The third kappa shape index (κ3) is 3.10. The van der Waals surface area contributed by atoms with Gasteiger partial charge in [-0.2, -0.15) is 5.10 Å². The van der Waals surface area contributed by atoms with E-state index in [0.29, 0.717) is 25.3 Å². The van der Waals surface area contributed by atoms with Gasteiger partial charge >= 0.3 is 0 Å². The summed E-state index contributed by atoms with van der Waals surface area (Å²) in [5, 5.41) is 6.97. The SMILES string of the molecule is O=C(Nc1cc(F)c(F)c(F)c1)C1CCn2ncc(C3CCCC3)c2C1. The molecule has 2 aromatic rings. The number of hydrogen-bond donors (Lipinski definition) is 1. The highest BCUT2D eigenvalue weighted by atomic mass is 19.2. The lowest BCUT2D eigenvalue weighted by Gasteiger charge is -2.24. The average Bonchev–Trinajstić information content (AvgIpc) is 3.28. The lowest BCUT2D eigenvalue weighted by atomic mass is 9.89. The summed E-state index contributed by atoms with van der Waals surface area (Å²) in [7, 11) is 0. The largest absolute Gasteiger partial charge is 0.326 e. The van der Waals surface area contributed by atoms with Gasteiger partial charge in [0.25, 0.3) is 0 Å². The Morgan fingerprint density at radius 3 is 2.50 bits per heavy atom. The third-order valence-electron chi connectivity index (χ3n) is 5.53. The van der Waals surface area contributed by atoms with Crippen molar-refractivity contribution in [2.75, 3.05) is 5.32 Å². The first-order valence-electron chi connectivity index (χ1n) is 9.03. The molecule has 26 heavy (non-hydrogen) atoms. The minimum atomic E-state index is -1.54. The number of fused-ring (bicyclic) bond motifs is 1. The monoisotopic (exact) mass is 363 g/mol. The van der Waals surface area contributed by atoms with Gasteiger partial charge in [-0.05, 0) is 30.7 Å². The van der Waals surface area contributed by atoms with Crippen LogP contribution in [0.5, 0.6) is 0 Å². The molecule has 0 bridgehead atoms. The number of aryl methyl sites for hydroxylation is 1. The number of amides is 1. The number of benzene rings is 1. The molecule has 4 nitrogen and oxygen atoms in total. The van der Waals surface area contributed by atoms with Crippen molar-refractivity contribution < 1.29 is 18.0 Å². The molecule has 1 N–H and O–H groups in total. The van der Waals surface area contributed by atoms with Crippen LogP contribution in [0, 0.1) is 23.4 Å². The molecule has 0 saturated heterocycles. The predicted molar refractivity (Wildman–Crippen MR) is 90.2 cm³/mol. The van der Waals surface area contributed by atoms with E-state index in [0.717, 1.165) is 30.7 Å². The summed E-state index contributed by atoms with van der Waals surface area (Å²) in [6.07, 6.45) is 7.85. The maximum atomic E-state index is 13.3. The molecule has 1 atom stereocenters. The topological polar surface area (TPSA) is 46.9 Å². The van der Waals surface area contributed by atoms with Gasteiger partial charge in [0.05, 0.1) is 6.20 Å². The first-order valence-corrected chi connectivity index (χ1v) is 9.03. The summed E-state index contributed by atoms with van der Waals surface area (Å²) in [5.74, 6) is -4.25. The van der Waals surface area contributed by atoms with Crippen molar-refractivity contribution >= 4 is 11.6 Å². The van der Waals surface area contributed by atoms with Crippen LogP contribution in [0.25, 0.3) is 0 Å². The number of nitrogens with one attached hydrogen (secondary N) is 1. The van der Waals surface area contributed by atoms with Crippen LogP contribution >= 0.6 is 0 Å². The van der Waals surface area contributed by atoms with Gasteiger partial charge in [-0.15, -0.1) is 0 Å².